The normalized spacial score (nSPS) is 15.6. The molecule has 2 amide bonds. The molecule has 1 heterocycles. The fourth-order valence-corrected chi connectivity index (χ4v) is 2.79. The molecule has 1 aliphatic rings. The summed E-state index contributed by atoms with van der Waals surface area (Å²) in [6.07, 6.45) is 0. The van der Waals surface area contributed by atoms with Gasteiger partial charge in [0.1, 0.15) is 5.92 Å². The lowest BCUT2D eigenvalue weighted by molar-refractivity contribution is -0.116. The van der Waals surface area contributed by atoms with Crippen molar-refractivity contribution in [1.29, 1.82) is 0 Å². The molecular weight excluding hydrogens is 304 g/mol. The zero-order valence-electron chi connectivity index (χ0n) is 13.6. The minimum atomic E-state index is -0.865. The number of rotatable bonds is 4. The molecule has 1 aliphatic heterocycles. The number of carbonyl (C=O) groups is 3. The number of hydrogen-bond acceptors (Lipinski definition) is 3. The molecule has 0 radical (unpaired) electrons. The molecule has 3 rings (SSSR count). The second kappa shape index (κ2) is 6.28. The van der Waals surface area contributed by atoms with Gasteiger partial charge in [0.15, 0.2) is 5.78 Å². The molecule has 5 nitrogen and oxygen atoms in total. The van der Waals surface area contributed by atoms with Crippen molar-refractivity contribution in [1.82, 2.24) is 4.90 Å². The molecule has 122 valence electrons. The quantitative estimate of drug-likeness (QED) is 0.695. The van der Waals surface area contributed by atoms with Crippen molar-refractivity contribution in [2.45, 2.75) is 12.8 Å². The number of Topliss-reactive ketones (excluding diaryl/α,β-unsaturated/α-hetero) is 1. The fraction of sp³-hybridized carbons (Fsp3) is 0.211. The van der Waals surface area contributed by atoms with E-state index in [1.807, 2.05) is 13.0 Å². The Balaban J connectivity index is 1.94. The summed E-state index contributed by atoms with van der Waals surface area (Å²) >= 11 is 0. The lowest BCUT2D eigenvalue weighted by Gasteiger charge is -2.15. The number of carbonyl (C=O) groups excluding carboxylic acids is 3. The van der Waals surface area contributed by atoms with Gasteiger partial charge < -0.3 is 10.2 Å². The Morgan fingerprint density at radius 3 is 2.46 bits per heavy atom. The monoisotopic (exact) mass is 322 g/mol. The molecule has 1 atom stereocenters. The van der Waals surface area contributed by atoms with Gasteiger partial charge in [0.2, 0.25) is 5.91 Å². The Morgan fingerprint density at radius 1 is 1.08 bits per heavy atom. The number of anilines is 1. The Labute approximate surface area is 140 Å². The Bertz CT molecular complexity index is 815. The van der Waals surface area contributed by atoms with E-state index in [1.54, 1.807) is 54.4 Å². The van der Waals surface area contributed by atoms with E-state index in [-0.39, 0.29) is 17.6 Å². The molecule has 5 heteroatoms. The van der Waals surface area contributed by atoms with Crippen LogP contribution in [0.5, 0.6) is 0 Å². The smallest absolute Gasteiger partial charge is 0.253 e. The number of benzene rings is 2. The molecule has 1 N–H and O–H groups in total. The van der Waals surface area contributed by atoms with E-state index in [0.29, 0.717) is 28.9 Å². The van der Waals surface area contributed by atoms with Crippen molar-refractivity contribution in [3.63, 3.8) is 0 Å². The van der Waals surface area contributed by atoms with E-state index in [1.165, 1.54) is 0 Å². The summed E-state index contributed by atoms with van der Waals surface area (Å²) < 4.78 is 0. The van der Waals surface area contributed by atoms with Gasteiger partial charge in [-0.05, 0) is 24.6 Å². The highest BCUT2D eigenvalue weighted by molar-refractivity contribution is 6.22. The van der Waals surface area contributed by atoms with Crippen LogP contribution in [0.4, 0.5) is 5.69 Å². The summed E-state index contributed by atoms with van der Waals surface area (Å²) in [5.74, 6) is -1.58. The lowest BCUT2D eigenvalue weighted by Crippen LogP contribution is -2.26. The minimum absolute atomic E-state index is 0.118. The van der Waals surface area contributed by atoms with Crippen molar-refractivity contribution < 1.29 is 14.4 Å². The summed E-state index contributed by atoms with van der Waals surface area (Å²) in [6.45, 7) is 2.49. The first-order chi connectivity index (χ1) is 11.5. The molecule has 0 saturated heterocycles. The number of nitrogens with one attached hydrogen (secondary N) is 1. The van der Waals surface area contributed by atoms with Crippen molar-refractivity contribution in [2.75, 3.05) is 18.9 Å². The van der Waals surface area contributed by atoms with E-state index in [9.17, 15) is 14.4 Å². The molecule has 1 unspecified atom stereocenters. The second-order valence-electron chi connectivity index (χ2n) is 5.77. The predicted molar refractivity (Wildman–Crippen MR) is 91.2 cm³/mol. The SMILES string of the molecule is CCN(C)C(=O)c1ccc2c(c1)NC(=O)C2C(=O)c1ccccc1. The van der Waals surface area contributed by atoms with Crippen molar-refractivity contribution in [3.05, 3.63) is 65.2 Å². The fourth-order valence-electron chi connectivity index (χ4n) is 2.79. The molecular formula is C19H18N2O3. The first kappa shape index (κ1) is 15.9. The van der Waals surface area contributed by atoms with Gasteiger partial charge in [0, 0.05) is 30.4 Å². The summed E-state index contributed by atoms with van der Waals surface area (Å²) in [6, 6.07) is 13.7. The summed E-state index contributed by atoms with van der Waals surface area (Å²) in [5, 5.41) is 2.72. The van der Waals surface area contributed by atoms with Crippen LogP contribution in [0.25, 0.3) is 0 Å². The third-order valence-electron chi connectivity index (χ3n) is 4.27. The molecule has 24 heavy (non-hydrogen) atoms. The van der Waals surface area contributed by atoms with E-state index >= 15 is 0 Å². The van der Waals surface area contributed by atoms with Gasteiger partial charge in [-0.1, -0.05) is 36.4 Å². The zero-order chi connectivity index (χ0) is 17.3. The predicted octanol–water partition coefficient (Wildman–Crippen LogP) is 2.70. The highest BCUT2D eigenvalue weighted by Crippen LogP contribution is 2.35. The Hall–Kier alpha value is -2.95. The standard InChI is InChI=1S/C19H18N2O3/c1-3-21(2)19(24)13-9-10-14-15(11-13)20-18(23)16(14)17(22)12-7-5-4-6-8-12/h4-11,16H,3H2,1-2H3,(H,20,23). The maximum Gasteiger partial charge on any atom is 0.253 e. The van der Waals surface area contributed by atoms with Gasteiger partial charge in [0.05, 0.1) is 0 Å². The van der Waals surface area contributed by atoms with Crippen LogP contribution in [-0.4, -0.2) is 36.1 Å². The summed E-state index contributed by atoms with van der Waals surface area (Å²) in [4.78, 5) is 38.8. The number of ketones is 1. The van der Waals surface area contributed by atoms with Gasteiger partial charge in [-0.3, -0.25) is 14.4 Å². The summed E-state index contributed by atoms with van der Waals surface area (Å²) in [5.41, 5.74) is 2.14. The minimum Gasteiger partial charge on any atom is -0.342 e. The Kier molecular flexibility index (Phi) is 4.16. The van der Waals surface area contributed by atoms with Crippen LogP contribution in [0.15, 0.2) is 48.5 Å². The molecule has 0 bridgehead atoms. The maximum atomic E-state index is 12.7. The van der Waals surface area contributed by atoms with Crippen LogP contribution in [0.3, 0.4) is 0 Å². The second-order valence-corrected chi connectivity index (χ2v) is 5.77. The average Bonchev–Trinajstić information content (AvgIpc) is 2.95. The average molecular weight is 322 g/mol. The Morgan fingerprint density at radius 2 is 1.79 bits per heavy atom. The third-order valence-corrected chi connectivity index (χ3v) is 4.27. The van der Waals surface area contributed by atoms with Gasteiger partial charge >= 0.3 is 0 Å². The van der Waals surface area contributed by atoms with Crippen LogP contribution in [-0.2, 0) is 4.79 Å². The number of fused-ring (bicyclic) bond motifs is 1. The highest BCUT2D eigenvalue weighted by atomic mass is 16.2. The largest absolute Gasteiger partial charge is 0.342 e. The van der Waals surface area contributed by atoms with E-state index in [2.05, 4.69) is 5.32 Å². The van der Waals surface area contributed by atoms with E-state index < -0.39 is 5.92 Å². The lowest BCUT2D eigenvalue weighted by atomic mass is 9.91. The molecule has 0 aromatic heterocycles. The topological polar surface area (TPSA) is 66.5 Å². The van der Waals surface area contributed by atoms with Crippen LogP contribution >= 0.6 is 0 Å². The molecule has 0 spiro atoms. The van der Waals surface area contributed by atoms with Crippen LogP contribution < -0.4 is 5.32 Å². The molecule has 0 saturated carbocycles. The van der Waals surface area contributed by atoms with Crippen molar-refractivity contribution in [2.24, 2.45) is 0 Å². The van der Waals surface area contributed by atoms with Crippen LogP contribution in [0.1, 0.15) is 39.1 Å². The first-order valence-corrected chi connectivity index (χ1v) is 7.82. The summed E-state index contributed by atoms with van der Waals surface area (Å²) in [7, 11) is 1.72. The maximum absolute atomic E-state index is 12.7. The van der Waals surface area contributed by atoms with E-state index in [0.717, 1.165) is 0 Å². The molecule has 0 aliphatic carbocycles. The first-order valence-electron chi connectivity index (χ1n) is 7.82. The van der Waals surface area contributed by atoms with Gasteiger partial charge in [-0.2, -0.15) is 0 Å². The van der Waals surface area contributed by atoms with Crippen LogP contribution in [0.2, 0.25) is 0 Å². The van der Waals surface area contributed by atoms with Crippen LogP contribution in [0, 0.1) is 0 Å². The highest BCUT2D eigenvalue weighted by Gasteiger charge is 2.37. The van der Waals surface area contributed by atoms with Gasteiger partial charge in [0.25, 0.3) is 5.91 Å². The molecule has 2 aromatic rings. The zero-order valence-corrected chi connectivity index (χ0v) is 13.6. The van der Waals surface area contributed by atoms with Crippen molar-refractivity contribution in [3.8, 4) is 0 Å². The van der Waals surface area contributed by atoms with Gasteiger partial charge in [-0.25, -0.2) is 0 Å². The number of amides is 2. The molecule has 0 fully saturated rings. The van der Waals surface area contributed by atoms with E-state index in [4.69, 9.17) is 0 Å². The van der Waals surface area contributed by atoms with Gasteiger partial charge in [-0.15, -0.1) is 0 Å². The molecule has 2 aromatic carbocycles. The number of nitrogens with zero attached hydrogens (tertiary/aromatic N) is 1. The third kappa shape index (κ3) is 2.69. The van der Waals surface area contributed by atoms with Crippen molar-refractivity contribution >= 4 is 23.3 Å². The number of hydrogen-bond donors (Lipinski definition) is 1.